The molecule has 0 rings (SSSR count). The number of hydrogen-bond donors (Lipinski definition) is 3. The normalized spacial score (nSPS) is 10.6. The van der Waals surface area contributed by atoms with Crippen molar-refractivity contribution in [1.29, 1.82) is 0 Å². The van der Waals surface area contributed by atoms with Crippen molar-refractivity contribution < 1.29 is 14.4 Å². The van der Waals surface area contributed by atoms with Gasteiger partial charge >= 0.3 is 7.60 Å². The molecule has 14 heavy (non-hydrogen) atoms. The largest absolute Gasteiger partial charge is 0.325 e. The van der Waals surface area contributed by atoms with Gasteiger partial charge in [-0.3, -0.25) is 4.57 Å². The van der Waals surface area contributed by atoms with Crippen LogP contribution in [0.4, 0.5) is 0 Å². The Hall–Kier alpha value is 0.110. The van der Waals surface area contributed by atoms with Crippen LogP contribution < -0.4 is 5.32 Å². The molecule has 3 N–H and O–H groups in total. The van der Waals surface area contributed by atoms with Gasteiger partial charge in [-0.25, -0.2) is 0 Å². The van der Waals surface area contributed by atoms with Gasteiger partial charge in [0.2, 0.25) is 0 Å². The molecule has 0 aliphatic rings. The summed E-state index contributed by atoms with van der Waals surface area (Å²) in [5.74, 6) is 0. The monoisotopic (exact) mass is 225 g/mol. The second-order valence-electron chi connectivity index (χ2n) is 3.29. The van der Waals surface area contributed by atoms with Crippen molar-refractivity contribution in [2.45, 2.75) is 39.5 Å². The van der Waals surface area contributed by atoms with E-state index >= 15 is 0 Å². The Kier molecular flexibility index (Phi) is 13.2. The van der Waals surface area contributed by atoms with E-state index in [4.69, 9.17) is 9.79 Å². The molecular weight excluding hydrogens is 201 g/mol. The maximum Gasteiger partial charge on any atom is 0.322 e. The van der Waals surface area contributed by atoms with Gasteiger partial charge in [-0.1, -0.05) is 26.7 Å². The molecule has 0 bridgehead atoms. The van der Waals surface area contributed by atoms with Gasteiger partial charge in [-0.2, -0.15) is 0 Å². The van der Waals surface area contributed by atoms with Gasteiger partial charge in [0.05, 0.1) is 0 Å². The van der Waals surface area contributed by atoms with Crippen molar-refractivity contribution in [3.8, 4) is 0 Å². The van der Waals surface area contributed by atoms with Crippen LogP contribution in [0.15, 0.2) is 0 Å². The van der Waals surface area contributed by atoms with Crippen LogP contribution in [-0.2, 0) is 4.57 Å². The minimum atomic E-state index is -3.64. The molecule has 0 fully saturated rings. The molecule has 0 aliphatic carbocycles. The molecule has 88 valence electrons. The molecule has 0 aliphatic heterocycles. The molecular formula is C9H24NO3P. The molecule has 4 nitrogen and oxygen atoms in total. The Labute approximate surface area is 87.3 Å². The standard InChI is InChI=1S/C8H19N.CH5O3P/c1-3-5-7-9-8-6-4-2;1-5(2,3)4/h9H,3-8H2,1-2H3;1H3,(H2,2,3,4). The number of nitrogens with one attached hydrogen (secondary N) is 1. The van der Waals surface area contributed by atoms with Crippen LogP contribution in [0.3, 0.4) is 0 Å². The van der Waals surface area contributed by atoms with Crippen LogP contribution in [0.2, 0.25) is 0 Å². The van der Waals surface area contributed by atoms with Gasteiger partial charge in [-0.05, 0) is 25.9 Å². The molecule has 0 aromatic carbocycles. The van der Waals surface area contributed by atoms with E-state index in [1.807, 2.05) is 0 Å². The van der Waals surface area contributed by atoms with E-state index in [0.717, 1.165) is 6.66 Å². The molecule has 0 heterocycles. The first-order valence-corrected chi connectivity index (χ1v) is 7.21. The summed E-state index contributed by atoms with van der Waals surface area (Å²) in [6.07, 6.45) is 5.26. The summed E-state index contributed by atoms with van der Waals surface area (Å²) in [6.45, 7) is 7.71. The molecule has 0 radical (unpaired) electrons. The molecule has 0 atom stereocenters. The maximum atomic E-state index is 9.33. The molecule has 0 unspecified atom stereocenters. The predicted octanol–water partition coefficient (Wildman–Crippen LogP) is 1.97. The van der Waals surface area contributed by atoms with Gasteiger partial charge < -0.3 is 15.1 Å². The lowest BCUT2D eigenvalue weighted by molar-refractivity contribution is 0.381. The fraction of sp³-hybridized carbons (Fsp3) is 1.00. The molecule has 0 saturated carbocycles. The summed E-state index contributed by atoms with van der Waals surface area (Å²) < 4.78 is 9.33. The fourth-order valence-corrected chi connectivity index (χ4v) is 0.729. The van der Waals surface area contributed by atoms with Gasteiger partial charge in [0.25, 0.3) is 0 Å². The number of unbranched alkanes of at least 4 members (excludes halogenated alkanes) is 2. The summed E-state index contributed by atoms with van der Waals surface area (Å²) in [7, 11) is -3.64. The highest BCUT2D eigenvalue weighted by Gasteiger charge is 1.95. The SMILES string of the molecule is CCCCNCCCC.CP(=O)(O)O. The minimum absolute atomic E-state index is 0.854. The minimum Gasteiger partial charge on any atom is -0.325 e. The van der Waals surface area contributed by atoms with Gasteiger partial charge in [0, 0.05) is 6.66 Å². The third-order valence-electron chi connectivity index (χ3n) is 1.41. The molecule has 0 saturated heterocycles. The Bertz CT molecular complexity index is 133. The van der Waals surface area contributed by atoms with E-state index < -0.39 is 7.60 Å². The predicted molar refractivity (Wildman–Crippen MR) is 60.7 cm³/mol. The third kappa shape index (κ3) is 40.0. The molecule has 5 heteroatoms. The third-order valence-corrected chi connectivity index (χ3v) is 1.41. The maximum absolute atomic E-state index is 9.33. The van der Waals surface area contributed by atoms with Crippen molar-refractivity contribution in [3.05, 3.63) is 0 Å². The first-order chi connectivity index (χ1) is 6.41. The Balaban J connectivity index is 0. The van der Waals surface area contributed by atoms with Gasteiger partial charge in [-0.15, -0.1) is 0 Å². The van der Waals surface area contributed by atoms with E-state index in [-0.39, 0.29) is 0 Å². The van der Waals surface area contributed by atoms with E-state index in [9.17, 15) is 4.57 Å². The van der Waals surface area contributed by atoms with E-state index in [1.165, 1.54) is 38.8 Å². The summed E-state index contributed by atoms with van der Waals surface area (Å²) in [6, 6.07) is 0. The lowest BCUT2D eigenvalue weighted by atomic mass is 10.3. The molecule has 0 aromatic rings. The lowest BCUT2D eigenvalue weighted by Gasteiger charge is -1.99. The van der Waals surface area contributed by atoms with E-state index in [0.29, 0.717) is 0 Å². The Morgan fingerprint density at radius 2 is 1.36 bits per heavy atom. The van der Waals surface area contributed by atoms with Crippen molar-refractivity contribution in [1.82, 2.24) is 5.32 Å². The highest BCUT2D eigenvalue weighted by molar-refractivity contribution is 7.50. The van der Waals surface area contributed by atoms with Crippen molar-refractivity contribution in [2.24, 2.45) is 0 Å². The second-order valence-corrected chi connectivity index (χ2v) is 4.96. The summed E-state index contributed by atoms with van der Waals surface area (Å²) in [5, 5.41) is 3.39. The lowest BCUT2D eigenvalue weighted by Crippen LogP contribution is -2.15. The molecule has 0 amide bonds. The van der Waals surface area contributed by atoms with Crippen molar-refractivity contribution in [3.63, 3.8) is 0 Å². The quantitative estimate of drug-likeness (QED) is 0.477. The topological polar surface area (TPSA) is 69.6 Å². The van der Waals surface area contributed by atoms with Crippen LogP contribution in [0, 0.1) is 0 Å². The zero-order valence-corrected chi connectivity index (χ0v) is 10.4. The zero-order chi connectivity index (χ0) is 11.4. The van der Waals surface area contributed by atoms with Crippen LogP contribution in [-0.4, -0.2) is 29.5 Å². The van der Waals surface area contributed by atoms with Crippen LogP contribution in [0.1, 0.15) is 39.5 Å². The fourth-order valence-electron chi connectivity index (χ4n) is 0.729. The van der Waals surface area contributed by atoms with Crippen molar-refractivity contribution in [2.75, 3.05) is 19.8 Å². The van der Waals surface area contributed by atoms with Gasteiger partial charge in [0.15, 0.2) is 0 Å². The second kappa shape index (κ2) is 11.2. The highest BCUT2D eigenvalue weighted by Crippen LogP contribution is 2.26. The summed E-state index contributed by atoms with van der Waals surface area (Å²) >= 11 is 0. The van der Waals surface area contributed by atoms with Crippen molar-refractivity contribution >= 4 is 7.60 Å². The first-order valence-electron chi connectivity index (χ1n) is 5.15. The van der Waals surface area contributed by atoms with E-state index in [2.05, 4.69) is 19.2 Å². The Morgan fingerprint density at radius 1 is 1.07 bits per heavy atom. The number of hydrogen-bond acceptors (Lipinski definition) is 2. The van der Waals surface area contributed by atoms with Crippen LogP contribution >= 0.6 is 7.60 Å². The molecule has 0 aromatic heterocycles. The molecule has 0 spiro atoms. The van der Waals surface area contributed by atoms with E-state index in [1.54, 1.807) is 0 Å². The average Bonchev–Trinajstić information content (AvgIpc) is 2.01. The Morgan fingerprint density at radius 3 is 1.57 bits per heavy atom. The average molecular weight is 225 g/mol. The summed E-state index contributed by atoms with van der Waals surface area (Å²) in [4.78, 5) is 15.3. The van der Waals surface area contributed by atoms with Gasteiger partial charge in [0.1, 0.15) is 0 Å². The summed E-state index contributed by atoms with van der Waals surface area (Å²) in [5.41, 5.74) is 0. The zero-order valence-electron chi connectivity index (χ0n) is 9.49. The van der Waals surface area contributed by atoms with Crippen LogP contribution in [0.25, 0.3) is 0 Å². The van der Waals surface area contributed by atoms with Crippen LogP contribution in [0.5, 0.6) is 0 Å². The first kappa shape index (κ1) is 16.5. The number of rotatable bonds is 6. The highest BCUT2D eigenvalue weighted by atomic mass is 31.2. The smallest absolute Gasteiger partial charge is 0.322 e.